The molecule has 0 spiro atoms. The van der Waals surface area contributed by atoms with Crippen LogP contribution in [0, 0.1) is 0 Å². The quantitative estimate of drug-likeness (QED) is 0.841. The predicted molar refractivity (Wildman–Crippen MR) is 85.0 cm³/mol. The predicted octanol–water partition coefficient (Wildman–Crippen LogP) is 1.22. The van der Waals surface area contributed by atoms with Gasteiger partial charge in [0.2, 0.25) is 0 Å². The number of carboxylic acid groups (broad SMARTS) is 1. The fraction of sp³-hybridized carbons (Fsp3) is 0.412. The van der Waals surface area contributed by atoms with Crippen LogP contribution < -0.4 is 14.8 Å². The van der Waals surface area contributed by atoms with Crippen molar-refractivity contribution in [3.05, 3.63) is 29.3 Å². The Labute approximate surface area is 139 Å². The van der Waals surface area contributed by atoms with E-state index in [0.717, 1.165) is 5.56 Å². The first-order valence-electron chi connectivity index (χ1n) is 7.65. The van der Waals surface area contributed by atoms with Gasteiger partial charge in [0.05, 0.1) is 31.2 Å². The van der Waals surface area contributed by atoms with Crippen LogP contribution in [0.5, 0.6) is 11.5 Å². The molecule has 2 heterocycles. The molecule has 1 atom stereocenters. The van der Waals surface area contributed by atoms with E-state index in [-0.39, 0.29) is 25.5 Å². The van der Waals surface area contributed by atoms with E-state index in [0.29, 0.717) is 30.1 Å². The van der Waals surface area contributed by atoms with E-state index in [1.165, 1.54) is 0 Å². The lowest BCUT2D eigenvalue weighted by Gasteiger charge is -2.28. The first-order valence-corrected chi connectivity index (χ1v) is 7.65. The van der Waals surface area contributed by atoms with Crippen molar-refractivity contribution in [2.24, 2.45) is 0 Å². The van der Waals surface area contributed by atoms with Gasteiger partial charge in [-0.05, 0) is 18.6 Å². The fourth-order valence-corrected chi connectivity index (χ4v) is 2.97. The minimum Gasteiger partial charge on any atom is -0.493 e. The number of carboxylic acids is 1. The third-order valence-corrected chi connectivity index (χ3v) is 4.19. The number of ether oxygens (including phenoxy) is 3. The van der Waals surface area contributed by atoms with Gasteiger partial charge in [0.15, 0.2) is 11.5 Å². The standard InChI is InChI=1S/C17H19NO6/c1-22-13-4-2-3-11-7-12(9-24-15(11)13)16(21)18-17(8-14(19)20)5-6-23-10-17/h2-4,7H,5-6,8-10H2,1H3,(H,18,21)(H,19,20). The highest BCUT2D eigenvalue weighted by Crippen LogP contribution is 2.35. The average molecular weight is 333 g/mol. The van der Waals surface area contributed by atoms with Gasteiger partial charge in [0.25, 0.3) is 5.91 Å². The second-order valence-corrected chi connectivity index (χ2v) is 5.94. The molecular weight excluding hydrogens is 314 g/mol. The molecule has 0 saturated carbocycles. The van der Waals surface area contributed by atoms with Crippen molar-refractivity contribution in [3.8, 4) is 11.5 Å². The summed E-state index contributed by atoms with van der Waals surface area (Å²) in [6.45, 7) is 0.732. The van der Waals surface area contributed by atoms with Crippen molar-refractivity contribution in [2.45, 2.75) is 18.4 Å². The molecule has 0 aliphatic carbocycles. The highest BCUT2D eigenvalue weighted by atomic mass is 16.5. The van der Waals surface area contributed by atoms with Gasteiger partial charge >= 0.3 is 5.97 Å². The summed E-state index contributed by atoms with van der Waals surface area (Å²) in [5.41, 5.74) is 0.325. The molecule has 0 bridgehead atoms. The Morgan fingerprint density at radius 3 is 2.92 bits per heavy atom. The van der Waals surface area contributed by atoms with Crippen LogP contribution in [-0.2, 0) is 14.3 Å². The molecule has 128 valence electrons. The lowest BCUT2D eigenvalue weighted by molar-refractivity contribution is -0.139. The number of para-hydroxylation sites is 1. The van der Waals surface area contributed by atoms with Crippen molar-refractivity contribution < 1.29 is 28.9 Å². The number of hydrogen-bond acceptors (Lipinski definition) is 5. The molecule has 1 aromatic carbocycles. The van der Waals surface area contributed by atoms with Crippen LogP contribution in [0.3, 0.4) is 0 Å². The molecule has 1 unspecified atom stereocenters. The molecule has 3 rings (SSSR count). The number of nitrogens with one attached hydrogen (secondary N) is 1. The number of amides is 1. The van der Waals surface area contributed by atoms with Crippen LogP contribution in [0.2, 0.25) is 0 Å². The number of hydrogen-bond donors (Lipinski definition) is 2. The zero-order chi connectivity index (χ0) is 17.2. The van der Waals surface area contributed by atoms with E-state index in [4.69, 9.17) is 19.3 Å². The molecule has 7 heteroatoms. The van der Waals surface area contributed by atoms with Gasteiger partial charge in [-0.1, -0.05) is 12.1 Å². The van der Waals surface area contributed by atoms with E-state index in [9.17, 15) is 9.59 Å². The van der Waals surface area contributed by atoms with E-state index in [1.807, 2.05) is 12.1 Å². The normalized spacial score (nSPS) is 22.1. The van der Waals surface area contributed by atoms with E-state index in [1.54, 1.807) is 19.3 Å². The van der Waals surface area contributed by atoms with Crippen LogP contribution in [-0.4, -0.2) is 49.5 Å². The second-order valence-electron chi connectivity index (χ2n) is 5.94. The molecule has 1 saturated heterocycles. The largest absolute Gasteiger partial charge is 0.493 e. The lowest BCUT2D eigenvalue weighted by Crippen LogP contribution is -2.51. The molecule has 0 radical (unpaired) electrons. The summed E-state index contributed by atoms with van der Waals surface area (Å²) in [5.74, 6) is -0.101. The van der Waals surface area contributed by atoms with Crippen LogP contribution in [0.4, 0.5) is 0 Å². The fourth-order valence-electron chi connectivity index (χ4n) is 2.97. The summed E-state index contributed by atoms with van der Waals surface area (Å²) in [7, 11) is 1.56. The maximum atomic E-state index is 12.6. The van der Waals surface area contributed by atoms with E-state index in [2.05, 4.69) is 5.32 Å². The molecule has 1 fully saturated rings. The topological polar surface area (TPSA) is 94.1 Å². The van der Waals surface area contributed by atoms with Gasteiger partial charge in [0.1, 0.15) is 6.61 Å². The first-order chi connectivity index (χ1) is 11.5. The molecule has 2 aliphatic heterocycles. The molecule has 0 aromatic heterocycles. The smallest absolute Gasteiger partial charge is 0.305 e. The Bertz CT molecular complexity index is 690. The third kappa shape index (κ3) is 3.21. The van der Waals surface area contributed by atoms with Crippen LogP contribution >= 0.6 is 0 Å². The average Bonchev–Trinajstić information content (AvgIpc) is 3.00. The minimum absolute atomic E-state index is 0.100. The highest BCUT2D eigenvalue weighted by molar-refractivity contribution is 6.00. The van der Waals surface area contributed by atoms with Crippen molar-refractivity contribution in [1.29, 1.82) is 0 Å². The van der Waals surface area contributed by atoms with Crippen LogP contribution in [0.25, 0.3) is 6.08 Å². The van der Waals surface area contributed by atoms with Gasteiger partial charge in [0, 0.05) is 12.2 Å². The number of fused-ring (bicyclic) bond motifs is 1. The van der Waals surface area contributed by atoms with Gasteiger partial charge in [-0.15, -0.1) is 0 Å². The monoisotopic (exact) mass is 333 g/mol. The van der Waals surface area contributed by atoms with Gasteiger partial charge in [-0.25, -0.2) is 0 Å². The Morgan fingerprint density at radius 2 is 2.25 bits per heavy atom. The zero-order valence-electron chi connectivity index (χ0n) is 13.3. The number of carbonyl (C=O) groups is 2. The molecule has 7 nitrogen and oxygen atoms in total. The third-order valence-electron chi connectivity index (χ3n) is 4.19. The molecular formula is C17H19NO6. The lowest BCUT2D eigenvalue weighted by atomic mass is 9.93. The number of methoxy groups -OCH3 is 1. The summed E-state index contributed by atoms with van der Waals surface area (Å²) < 4.78 is 16.2. The number of aliphatic carboxylic acids is 1. The zero-order valence-corrected chi connectivity index (χ0v) is 13.3. The summed E-state index contributed by atoms with van der Waals surface area (Å²) in [5, 5.41) is 11.9. The van der Waals surface area contributed by atoms with Crippen molar-refractivity contribution in [3.63, 3.8) is 0 Å². The summed E-state index contributed by atoms with van der Waals surface area (Å²) in [4.78, 5) is 23.7. The molecule has 1 aromatic rings. The maximum Gasteiger partial charge on any atom is 0.305 e. The maximum absolute atomic E-state index is 12.6. The molecule has 2 N–H and O–H groups in total. The number of benzene rings is 1. The summed E-state index contributed by atoms with van der Waals surface area (Å²) in [6, 6.07) is 5.43. The van der Waals surface area contributed by atoms with Crippen molar-refractivity contribution >= 4 is 18.0 Å². The van der Waals surface area contributed by atoms with Gasteiger partial charge in [-0.2, -0.15) is 0 Å². The minimum atomic E-state index is -0.968. The van der Waals surface area contributed by atoms with Crippen LogP contribution in [0.15, 0.2) is 23.8 Å². The van der Waals surface area contributed by atoms with Crippen molar-refractivity contribution in [2.75, 3.05) is 26.9 Å². The summed E-state index contributed by atoms with van der Waals surface area (Å²) >= 11 is 0. The van der Waals surface area contributed by atoms with Gasteiger partial charge in [-0.3, -0.25) is 9.59 Å². The second kappa shape index (κ2) is 6.52. The van der Waals surface area contributed by atoms with Gasteiger partial charge < -0.3 is 24.6 Å². The highest BCUT2D eigenvalue weighted by Gasteiger charge is 2.39. The van der Waals surface area contributed by atoms with E-state index < -0.39 is 11.5 Å². The SMILES string of the molecule is COc1cccc2c1OCC(C(=O)NC1(CC(=O)O)CCOC1)=C2. The Hall–Kier alpha value is -2.54. The van der Waals surface area contributed by atoms with E-state index >= 15 is 0 Å². The Morgan fingerprint density at radius 1 is 1.42 bits per heavy atom. The molecule has 2 aliphatic rings. The Kier molecular flexibility index (Phi) is 4.44. The number of carbonyl (C=O) groups excluding carboxylic acids is 1. The first kappa shape index (κ1) is 16.3. The molecule has 24 heavy (non-hydrogen) atoms. The molecule has 1 amide bonds. The Balaban J connectivity index is 1.80. The van der Waals surface area contributed by atoms with Crippen molar-refractivity contribution in [1.82, 2.24) is 5.32 Å². The summed E-state index contributed by atoms with van der Waals surface area (Å²) in [6.07, 6.45) is 2.04. The van der Waals surface area contributed by atoms with Crippen LogP contribution in [0.1, 0.15) is 18.4 Å². The number of rotatable bonds is 5.